The van der Waals surface area contributed by atoms with Gasteiger partial charge in [-0.3, -0.25) is 0 Å². The molecule has 0 heterocycles. The van der Waals surface area contributed by atoms with Crippen molar-refractivity contribution in [2.75, 3.05) is 13.6 Å². The Balaban J connectivity index is 3.37. The summed E-state index contributed by atoms with van der Waals surface area (Å²) < 4.78 is 0. The highest BCUT2D eigenvalue weighted by Gasteiger charge is 2.23. The second kappa shape index (κ2) is 9.35. The average Bonchev–Trinajstić information content (AvgIpc) is 2.52. The predicted molar refractivity (Wildman–Crippen MR) is 103 cm³/mol. The van der Waals surface area contributed by atoms with E-state index < -0.39 is 0 Å². The van der Waals surface area contributed by atoms with E-state index in [9.17, 15) is 0 Å². The van der Waals surface area contributed by atoms with Crippen molar-refractivity contribution in [1.82, 2.24) is 5.32 Å². The van der Waals surface area contributed by atoms with Gasteiger partial charge in [-0.2, -0.15) is 0 Å². The topological polar surface area (TPSA) is 12.0 Å². The fourth-order valence-corrected chi connectivity index (χ4v) is 3.11. The van der Waals surface area contributed by atoms with Gasteiger partial charge in [-0.25, -0.2) is 0 Å². The maximum Gasteiger partial charge on any atom is 0.00505 e. The van der Waals surface area contributed by atoms with Crippen LogP contribution >= 0.6 is 0 Å². The molecule has 0 aliphatic rings. The van der Waals surface area contributed by atoms with Crippen LogP contribution in [0.3, 0.4) is 0 Å². The van der Waals surface area contributed by atoms with E-state index in [1.54, 1.807) is 0 Å². The van der Waals surface area contributed by atoms with E-state index in [-0.39, 0.29) is 0 Å². The summed E-state index contributed by atoms with van der Waals surface area (Å²) in [6.07, 6.45) is 5.01. The summed E-state index contributed by atoms with van der Waals surface area (Å²) in [5.74, 6) is 0.852. The summed E-state index contributed by atoms with van der Waals surface area (Å²) in [7, 11) is 2.02. The normalized spacial score (nSPS) is 13.6. The highest BCUT2D eigenvalue weighted by Crippen LogP contribution is 2.34. The number of allylic oxidation sites excluding steroid dienone is 4. The first-order chi connectivity index (χ1) is 11.0. The van der Waals surface area contributed by atoms with Crippen molar-refractivity contribution < 1.29 is 0 Å². The van der Waals surface area contributed by atoms with Crippen molar-refractivity contribution >= 4 is 0 Å². The van der Waals surface area contributed by atoms with Crippen LogP contribution in [0.15, 0.2) is 60.4 Å². The van der Waals surface area contributed by atoms with Crippen LogP contribution in [0.25, 0.3) is 0 Å². The van der Waals surface area contributed by atoms with Crippen molar-refractivity contribution in [2.45, 2.75) is 40.0 Å². The second-order valence-corrected chi connectivity index (χ2v) is 6.33. The van der Waals surface area contributed by atoms with Gasteiger partial charge in [0, 0.05) is 18.9 Å². The lowest BCUT2D eigenvalue weighted by atomic mass is 9.78. The maximum atomic E-state index is 4.18. The van der Waals surface area contributed by atoms with Crippen LogP contribution in [0.1, 0.15) is 43.4 Å². The lowest BCUT2D eigenvalue weighted by molar-refractivity contribution is 0.495. The van der Waals surface area contributed by atoms with Crippen LogP contribution in [0, 0.1) is 12.8 Å². The molecule has 0 aromatic heterocycles. The quantitative estimate of drug-likeness (QED) is 0.388. The standard InChI is InChI=1S/C22H31N/c1-8-11-19(9-2)14-20-13-10-12-17(5)22(20)21(15-23-7)18(6)16(3)4/h8,10-13,18,21,23H,2-3,14-15H2,1,4-7H3/b11-8-. The summed E-state index contributed by atoms with van der Waals surface area (Å²) in [4.78, 5) is 0. The first-order valence-corrected chi connectivity index (χ1v) is 8.36. The zero-order valence-corrected chi connectivity index (χ0v) is 15.4. The molecule has 1 nitrogen and oxygen atoms in total. The maximum absolute atomic E-state index is 4.18. The van der Waals surface area contributed by atoms with E-state index in [1.165, 1.54) is 22.3 Å². The Bertz CT molecular complexity index is 615. The van der Waals surface area contributed by atoms with Crippen molar-refractivity contribution in [1.29, 1.82) is 0 Å². The third-order valence-electron chi connectivity index (χ3n) is 4.57. The predicted octanol–water partition coefficient (Wildman–Crippen LogP) is 5.34. The molecule has 23 heavy (non-hydrogen) atoms. The van der Waals surface area contributed by atoms with E-state index in [1.807, 2.05) is 20.0 Å². The molecule has 0 spiro atoms. The molecule has 1 N–H and O–H groups in total. The molecule has 1 rings (SSSR count). The van der Waals surface area contributed by atoms with Crippen molar-refractivity contribution in [3.8, 4) is 0 Å². The smallest absolute Gasteiger partial charge is 0.00505 e. The molecule has 0 bridgehead atoms. The molecule has 1 aromatic carbocycles. The zero-order valence-electron chi connectivity index (χ0n) is 15.4. The number of rotatable bonds is 8. The van der Waals surface area contributed by atoms with E-state index in [4.69, 9.17) is 0 Å². The molecular formula is C22H31N. The Morgan fingerprint density at radius 2 is 2.09 bits per heavy atom. The van der Waals surface area contributed by atoms with Crippen molar-refractivity contribution in [3.05, 3.63) is 77.1 Å². The first kappa shape index (κ1) is 19.2. The van der Waals surface area contributed by atoms with Crippen LogP contribution in [0.2, 0.25) is 0 Å². The van der Waals surface area contributed by atoms with E-state index >= 15 is 0 Å². The number of hydrogen-bond acceptors (Lipinski definition) is 1. The molecule has 124 valence electrons. The molecule has 0 aliphatic heterocycles. The summed E-state index contributed by atoms with van der Waals surface area (Å²) in [6.45, 7) is 17.6. The molecule has 0 saturated carbocycles. The number of nitrogens with one attached hydrogen (secondary N) is 1. The second-order valence-electron chi connectivity index (χ2n) is 6.33. The van der Waals surface area contributed by atoms with Gasteiger partial charge in [0.05, 0.1) is 0 Å². The van der Waals surface area contributed by atoms with Crippen LogP contribution in [0.5, 0.6) is 0 Å². The lowest BCUT2D eigenvalue weighted by Crippen LogP contribution is -2.25. The van der Waals surface area contributed by atoms with Crippen molar-refractivity contribution in [3.63, 3.8) is 0 Å². The average molecular weight is 309 g/mol. The van der Waals surface area contributed by atoms with Gasteiger partial charge in [-0.15, -0.1) is 5.73 Å². The van der Waals surface area contributed by atoms with Gasteiger partial charge < -0.3 is 5.32 Å². The third-order valence-corrected chi connectivity index (χ3v) is 4.57. The summed E-state index contributed by atoms with van der Waals surface area (Å²) in [6, 6.07) is 6.59. The number of aryl methyl sites for hydroxylation is 1. The van der Waals surface area contributed by atoms with Gasteiger partial charge in [0.2, 0.25) is 0 Å². The molecule has 2 atom stereocenters. The minimum absolute atomic E-state index is 0.422. The summed E-state index contributed by atoms with van der Waals surface area (Å²) >= 11 is 0. The fraction of sp³-hybridized carbons (Fsp3) is 0.409. The number of likely N-dealkylation sites (N-methyl/N-ethyl adjacent to an activating group) is 1. The minimum Gasteiger partial charge on any atom is -0.319 e. The van der Waals surface area contributed by atoms with Crippen molar-refractivity contribution in [2.24, 2.45) is 5.92 Å². The molecule has 0 fully saturated rings. The van der Waals surface area contributed by atoms with Gasteiger partial charge >= 0.3 is 0 Å². The molecule has 0 saturated heterocycles. The molecule has 0 aliphatic carbocycles. The molecule has 1 aromatic rings. The monoisotopic (exact) mass is 309 g/mol. The Labute approximate surface area is 142 Å². The third kappa shape index (κ3) is 5.10. The highest BCUT2D eigenvalue weighted by molar-refractivity contribution is 5.42. The molecule has 0 radical (unpaired) electrons. The highest BCUT2D eigenvalue weighted by atomic mass is 14.8. The van der Waals surface area contributed by atoms with Crippen LogP contribution in [0.4, 0.5) is 0 Å². The molecule has 2 unspecified atom stereocenters. The SMILES string of the molecule is C=C=C(/C=C\C)Cc1cccc(C)c1C(CNC)C(C)C(=C)C. The number of benzene rings is 1. The molecule has 0 amide bonds. The van der Waals surface area contributed by atoms with Gasteiger partial charge in [0.15, 0.2) is 0 Å². The summed E-state index contributed by atoms with van der Waals surface area (Å²) in [5.41, 5.74) is 9.58. The van der Waals surface area contributed by atoms with E-state index in [2.05, 4.69) is 69.3 Å². The summed E-state index contributed by atoms with van der Waals surface area (Å²) in [5, 5.41) is 3.36. The Hall–Kier alpha value is -1.82. The number of hydrogen-bond donors (Lipinski definition) is 1. The minimum atomic E-state index is 0.422. The van der Waals surface area contributed by atoms with Gasteiger partial charge in [0.1, 0.15) is 0 Å². The largest absolute Gasteiger partial charge is 0.319 e. The molecule has 1 heteroatoms. The lowest BCUT2D eigenvalue weighted by Gasteiger charge is -2.28. The van der Waals surface area contributed by atoms with Gasteiger partial charge in [-0.1, -0.05) is 56.0 Å². The Morgan fingerprint density at radius 1 is 1.39 bits per heavy atom. The molecular weight excluding hydrogens is 278 g/mol. The van der Waals surface area contributed by atoms with E-state index in [0.717, 1.165) is 18.5 Å². The fourth-order valence-electron chi connectivity index (χ4n) is 3.11. The van der Waals surface area contributed by atoms with Crippen LogP contribution in [-0.2, 0) is 6.42 Å². The van der Waals surface area contributed by atoms with Gasteiger partial charge in [-0.05, 0) is 56.0 Å². The van der Waals surface area contributed by atoms with Crippen LogP contribution in [-0.4, -0.2) is 13.6 Å². The van der Waals surface area contributed by atoms with Gasteiger partial charge in [0.25, 0.3) is 0 Å². The Morgan fingerprint density at radius 3 is 2.61 bits per heavy atom. The van der Waals surface area contributed by atoms with Crippen LogP contribution < -0.4 is 5.32 Å². The Kier molecular flexibility index (Phi) is 7.81. The van der Waals surface area contributed by atoms with E-state index in [0.29, 0.717) is 11.8 Å². The first-order valence-electron chi connectivity index (χ1n) is 8.36. The zero-order chi connectivity index (χ0) is 17.4.